The van der Waals surface area contributed by atoms with Gasteiger partial charge in [-0.15, -0.1) is 0 Å². The molecule has 0 spiro atoms. The topological polar surface area (TPSA) is 70.5 Å². The SMILES string of the molecule is NC(c1ccc(F)c(Oc2ccccc2)c1)C(N)c1ccc(F)c(Oc2ccccc2)c1. The molecule has 0 amide bonds. The summed E-state index contributed by atoms with van der Waals surface area (Å²) >= 11 is 0. The average molecular weight is 432 g/mol. The quantitative estimate of drug-likeness (QED) is 0.362. The van der Waals surface area contributed by atoms with E-state index in [0.717, 1.165) is 0 Å². The summed E-state index contributed by atoms with van der Waals surface area (Å²) in [4.78, 5) is 0. The Balaban J connectivity index is 1.56. The van der Waals surface area contributed by atoms with Gasteiger partial charge in [0.05, 0.1) is 0 Å². The van der Waals surface area contributed by atoms with Crippen molar-refractivity contribution in [2.24, 2.45) is 11.5 Å². The van der Waals surface area contributed by atoms with Gasteiger partial charge in [-0.05, 0) is 59.7 Å². The number of rotatable bonds is 7. The molecule has 0 heterocycles. The van der Waals surface area contributed by atoms with Crippen LogP contribution in [-0.4, -0.2) is 0 Å². The smallest absolute Gasteiger partial charge is 0.165 e. The number of hydrogen-bond acceptors (Lipinski definition) is 4. The highest BCUT2D eigenvalue weighted by molar-refractivity contribution is 5.40. The van der Waals surface area contributed by atoms with Crippen molar-refractivity contribution >= 4 is 0 Å². The summed E-state index contributed by atoms with van der Waals surface area (Å²) in [6, 6.07) is 25.1. The van der Waals surface area contributed by atoms with E-state index < -0.39 is 23.7 Å². The van der Waals surface area contributed by atoms with Crippen molar-refractivity contribution in [1.82, 2.24) is 0 Å². The summed E-state index contributed by atoms with van der Waals surface area (Å²) in [5, 5.41) is 0. The second-order valence-electron chi connectivity index (χ2n) is 7.26. The van der Waals surface area contributed by atoms with Crippen LogP contribution >= 0.6 is 0 Å². The number of para-hydroxylation sites is 2. The third-order valence-electron chi connectivity index (χ3n) is 5.01. The molecule has 4 rings (SSSR count). The van der Waals surface area contributed by atoms with Crippen molar-refractivity contribution < 1.29 is 18.3 Å². The van der Waals surface area contributed by atoms with Crippen LogP contribution in [0, 0.1) is 11.6 Å². The van der Waals surface area contributed by atoms with Crippen LogP contribution in [0.5, 0.6) is 23.0 Å². The van der Waals surface area contributed by atoms with E-state index in [1.54, 1.807) is 60.7 Å². The Labute approximate surface area is 185 Å². The first-order valence-corrected chi connectivity index (χ1v) is 10.1. The summed E-state index contributed by atoms with van der Waals surface area (Å²) in [5.41, 5.74) is 13.9. The molecule has 0 bridgehead atoms. The minimum atomic E-state index is -0.691. The third kappa shape index (κ3) is 4.94. The standard InChI is InChI=1S/C26H22F2N2O2/c27-21-13-11-17(15-23(21)31-19-7-3-1-4-8-19)25(29)26(30)18-12-14-22(28)24(16-18)32-20-9-5-2-6-10-20/h1-16,25-26H,29-30H2. The first-order chi connectivity index (χ1) is 15.5. The van der Waals surface area contributed by atoms with Gasteiger partial charge >= 0.3 is 0 Å². The second-order valence-corrected chi connectivity index (χ2v) is 7.26. The van der Waals surface area contributed by atoms with Gasteiger partial charge in [-0.2, -0.15) is 0 Å². The van der Waals surface area contributed by atoms with E-state index in [1.807, 2.05) is 12.1 Å². The van der Waals surface area contributed by atoms with E-state index in [0.29, 0.717) is 22.6 Å². The van der Waals surface area contributed by atoms with Crippen LogP contribution in [0.2, 0.25) is 0 Å². The number of ether oxygens (including phenoxy) is 2. The van der Waals surface area contributed by atoms with Crippen molar-refractivity contribution in [3.8, 4) is 23.0 Å². The lowest BCUT2D eigenvalue weighted by atomic mass is 9.94. The first-order valence-electron chi connectivity index (χ1n) is 10.1. The van der Waals surface area contributed by atoms with Crippen molar-refractivity contribution in [3.05, 3.63) is 120 Å². The Morgan fingerprint density at radius 1 is 0.531 bits per heavy atom. The van der Waals surface area contributed by atoms with Gasteiger partial charge in [0, 0.05) is 12.1 Å². The van der Waals surface area contributed by atoms with Gasteiger partial charge in [0.2, 0.25) is 0 Å². The first kappa shape index (κ1) is 21.5. The molecule has 32 heavy (non-hydrogen) atoms. The second kappa shape index (κ2) is 9.60. The minimum absolute atomic E-state index is 0.0450. The molecule has 6 heteroatoms. The van der Waals surface area contributed by atoms with Crippen LogP contribution < -0.4 is 20.9 Å². The van der Waals surface area contributed by atoms with E-state index in [2.05, 4.69) is 0 Å². The van der Waals surface area contributed by atoms with Crippen molar-refractivity contribution in [3.63, 3.8) is 0 Å². The lowest BCUT2D eigenvalue weighted by molar-refractivity contribution is 0.437. The molecule has 4 aromatic carbocycles. The molecule has 162 valence electrons. The van der Waals surface area contributed by atoms with Crippen molar-refractivity contribution in [2.45, 2.75) is 12.1 Å². The van der Waals surface area contributed by atoms with Crippen LogP contribution in [0.15, 0.2) is 97.1 Å². The van der Waals surface area contributed by atoms with E-state index in [1.165, 1.54) is 24.3 Å². The maximum atomic E-state index is 14.3. The summed E-state index contributed by atoms with van der Waals surface area (Å²) < 4.78 is 39.9. The average Bonchev–Trinajstić information content (AvgIpc) is 2.82. The zero-order chi connectivity index (χ0) is 22.5. The summed E-state index contributed by atoms with van der Waals surface area (Å²) in [7, 11) is 0. The van der Waals surface area contributed by atoms with Gasteiger partial charge in [0.15, 0.2) is 23.1 Å². The highest BCUT2D eigenvalue weighted by Gasteiger charge is 2.21. The highest BCUT2D eigenvalue weighted by Crippen LogP contribution is 2.33. The molecule has 0 fully saturated rings. The Hall–Kier alpha value is -3.74. The predicted molar refractivity (Wildman–Crippen MR) is 120 cm³/mol. The predicted octanol–water partition coefficient (Wildman–Crippen LogP) is 6.25. The van der Waals surface area contributed by atoms with E-state index in [4.69, 9.17) is 20.9 Å². The fourth-order valence-corrected chi connectivity index (χ4v) is 3.26. The molecule has 0 aliphatic carbocycles. The number of nitrogens with two attached hydrogens (primary N) is 2. The van der Waals surface area contributed by atoms with Crippen LogP contribution in [0.1, 0.15) is 23.2 Å². The third-order valence-corrected chi connectivity index (χ3v) is 5.01. The van der Waals surface area contributed by atoms with E-state index in [-0.39, 0.29) is 11.5 Å². The fraction of sp³-hybridized carbons (Fsp3) is 0.0769. The van der Waals surface area contributed by atoms with Gasteiger partial charge in [-0.3, -0.25) is 0 Å². The Morgan fingerprint density at radius 3 is 1.28 bits per heavy atom. The summed E-state index contributed by atoms with van der Waals surface area (Å²) in [6.07, 6.45) is 0. The fourth-order valence-electron chi connectivity index (χ4n) is 3.26. The molecule has 0 saturated carbocycles. The highest BCUT2D eigenvalue weighted by atomic mass is 19.1. The van der Waals surface area contributed by atoms with E-state index >= 15 is 0 Å². The monoisotopic (exact) mass is 432 g/mol. The van der Waals surface area contributed by atoms with Gasteiger partial charge in [-0.1, -0.05) is 48.5 Å². The van der Waals surface area contributed by atoms with E-state index in [9.17, 15) is 8.78 Å². The lowest BCUT2D eigenvalue weighted by Crippen LogP contribution is -2.26. The molecule has 2 unspecified atom stereocenters. The Bertz CT molecular complexity index is 1090. The van der Waals surface area contributed by atoms with Gasteiger partial charge in [-0.25, -0.2) is 8.78 Å². The molecular weight excluding hydrogens is 410 g/mol. The van der Waals surface area contributed by atoms with Crippen molar-refractivity contribution in [1.29, 1.82) is 0 Å². The maximum Gasteiger partial charge on any atom is 0.165 e. The van der Waals surface area contributed by atoms with Gasteiger partial charge in [0.25, 0.3) is 0 Å². The summed E-state index contributed by atoms with van der Waals surface area (Å²) in [5.74, 6) is 0.0647. The molecular formula is C26H22F2N2O2. The molecule has 2 atom stereocenters. The molecule has 4 N–H and O–H groups in total. The summed E-state index contributed by atoms with van der Waals surface area (Å²) in [6.45, 7) is 0. The van der Waals surface area contributed by atoms with Gasteiger partial charge in [0.1, 0.15) is 11.5 Å². The number of halogens is 2. The normalized spacial score (nSPS) is 12.8. The molecule has 4 aromatic rings. The Morgan fingerprint density at radius 2 is 0.906 bits per heavy atom. The molecule has 0 radical (unpaired) electrons. The van der Waals surface area contributed by atoms with Crippen LogP contribution in [0.3, 0.4) is 0 Å². The largest absolute Gasteiger partial charge is 0.454 e. The van der Waals surface area contributed by atoms with Crippen LogP contribution in [-0.2, 0) is 0 Å². The van der Waals surface area contributed by atoms with Crippen LogP contribution in [0.4, 0.5) is 8.78 Å². The zero-order valence-corrected chi connectivity index (χ0v) is 17.1. The van der Waals surface area contributed by atoms with Crippen molar-refractivity contribution in [2.75, 3.05) is 0 Å². The molecule has 0 aromatic heterocycles. The Kier molecular flexibility index (Phi) is 6.44. The lowest BCUT2D eigenvalue weighted by Gasteiger charge is -2.22. The molecule has 0 aliphatic rings. The number of hydrogen-bond donors (Lipinski definition) is 2. The zero-order valence-electron chi connectivity index (χ0n) is 17.1. The van der Waals surface area contributed by atoms with Crippen LogP contribution in [0.25, 0.3) is 0 Å². The number of benzene rings is 4. The maximum absolute atomic E-state index is 14.3. The molecule has 0 saturated heterocycles. The van der Waals surface area contributed by atoms with Gasteiger partial charge < -0.3 is 20.9 Å². The molecule has 0 aliphatic heterocycles. The molecule has 4 nitrogen and oxygen atoms in total. The minimum Gasteiger partial charge on any atom is -0.454 e.